The molecule has 0 radical (unpaired) electrons. The van der Waals surface area contributed by atoms with Crippen LogP contribution in [0.25, 0.3) is 38.4 Å². The molecule has 0 atom stereocenters. The molecule has 1 saturated heterocycles. The summed E-state index contributed by atoms with van der Waals surface area (Å²) in [5.41, 5.74) is 7.36. The SMILES string of the molecule is O=C1NNCC1=Cc1ccc2ccc3cccc4ccc1c2c34. The predicted molar refractivity (Wildman–Crippen MR) is 94.3 cm³/mol. The van der Waals surface area contributed by atoms with Gasteiger partial charge in [0.15, 0.2) is 0 Å². The molecule has 4 aromatic rings. The van der Waals surface area contributed by atoms with Crippen LogP contribution in [0.5, 0.6) is 0 Å². The molecule has 3 nitrogen and oxygen atoms in total. The van der Waals surface area contributed by atoms with Crippen LogP contribution in [0.3, 0.4) is 0 Å². The lowest BCUT2D eigenvalue weighted by Crippen LogP contribution is -2.25. The monoisotopic (exact) mass is 298 g/mol. The molecule has 4 aromatic carbocycles. The summed E-state index contributed by atoms with van der Waals surface area (Å²) in [6.07, 6.45) is 1.99. The summed E-state index contributed by atoms with van der Waals surface area (Å²) in [6.45, 7) is 0.556. The number of nitrogens with one attached hydrogen (secondary N) is 2. The van der Waals surface area contributed by atoms with E-state index in [9.17, 15) is 4.79 Å². The van der Waals surface area contributed by atoms with E-state index in [2.05, 4.69) is 65.4 Å². The Kier molecular flexibility index (Phi) is 2.49. The molecule has 110 valence electrons. The van der Waals surface area contributed by atoms with E-state index in [0.29, 0.717) is 6.54 Å². The van der Waals surface area contributed by atoms with Crippen molar-refractivity contribution in [2.45, 2.75) is 0 Å². The van der Waals surface area contributed by atoms with E-state index in [0.717, 1.165) is 11.1 Å². The minimum Gasteiger partial charge on any atom is -0.287 e. The fourth-order valence-electron chi connectivity index (χ4n) is 3.57. The molecule has 0 aliphatic carbocycles. The van der Waals surface area contributed by atoms with Gasteiger partial charge in [-0.15, -0.1) is 0 Å². The molecule has 0 spiro atoms. The maximum Gasteiger partial charge on any atom is 0.262 e. The summed E-state index contributed by atoms with van der Waals surface area (Å²) in [7, 11) is 0. The van der Waals surface area contributed by atoms with Gasteiger partial charge in [0, 0.05) is 12.1 Å². The van der Waals surface area contributed by atoms with Crippen molar-refractivity contribution in [3.8, 4) is 0 Å². The third-order valence-corrected chi connectivity index (χ3v) is 4.66. The predicted octanol–water partition coefficient (Wildman–Crippen LogP) is 3.60. The van der Waals surface area contributed by atoms with Gasteiger partial charge < -0.3 is 0 Å². The van der Waals surface area contributed by atoms with Crippen molar-refractivity contribution in [1.82, 2.24) is 10.9 Å². The van der Waals surface area contributed by atoms with Gasteiger partial charge in [-0.05, 0) is 44.0 Å². The lowest BCUT2D eigenvalue weighted by Gasteiger charge is -2.12. The van der Waals surface area contributed by atoms with Gasteiger partial charge in [0.05, 0.1) is 0 Å². The quantitative estimate of drug-likeness (QED) is 0.416. The second-order valence-corrected chi connectivity index (χ2v) is 5.99. The maximum atomic E-state index is 11.8. The third-order valence-electron chi connectivity index (χ3n) is 4.66. The van der Waals surface area contributed by atoms with E-state index in [1.807, 2.05) is 6.08 Å². The number of benzene rings is 4. The van der Waals surface area contributed by atoms with Gasteiger partial charge in [0.1, 0.15) is 0 Å². The maximum absolute atomic E-state index is 11.8. The third kappa shape index (κ3) is 1.77. The van der Waals surface area contributed by atoms with Gasteiger partial charge in [-0.3, -0.25) is 10.2 Å². The molecule has 1 aliphatic rings. The average molecular weight is 298 g/mol. The largest absolute Gasteiger partial charge is 0.287 e. The van der Waals surface area contributed by atoms with Crippen molar-refractivity contribution in [2.24, 2.45) is 0 Å². The summed E-state index contributed by atoms with van der Waals surface area (Å²) >= 11 is 0. The highest BCUT2D eigenvalue weighted by Gasteiger charge is 2.16. The molecule has 0 bridgehead atoms. The lowest BCUT2D eigenvalue weighted by molar-refractivity contribution is -0.116. The van der Waals surface area contributed by atoms with Crippen LogP contribution in [-0.4, -0.2) is 12.5 Å². The highest BCUT2D eigenvalue weighted by Crippen LogP contribution is 2.36. The fourth-order valence-corrected chi connectivity index (χ4v) is 3.57. The van der Waals surface area contributed by atoms with Crippen LogP contribution in [0.1, 0.15) is 5.56 Å². The van der Waals surface area contributed by atoms with Gasteiger partial charge in [0.2, 0.25) is 0 Å². The second kappa shape index (κ2) is 4.54. The van der Waals surface area contributed by atoms with Crippen molar-refractivity contribution in [2.75, 3.05) is 6.54 Å². The number of rotatable bonds is 1. The number of carbonyl (C=O) groups is 1. The summed E-state index contributed by atoms with van der Waals surface area (Å²) in [4.78, 5) is 11.8. The topological polar surface area (TPSA) is 41.1 Å². The van der Waals surface area contributed by atoms with Crippen LogP contribution in [0.4, 0.5) is 0 Å². The molecule has 1 aliphatic heterocycles. The fraction of sp³-hybridized carbons (Fsp3) is 0.0500. The zero-order valence-electron chi connectivity index (χ0n) is 12.4. The van der Waals surface area contributed by atoms with Crippen LogP contribution in [0.2, 0.25) is 0 Å². The first-order valence-corrected chi connectivity index (χ1v) is 7.71. The number of hydrogen-bond acceptors (Lipinski definition) is 2. The highest BCUT2D eigenvalue weighted by atomic mass is 16.2. The summed E-state index contributed by atoms with van der Waals surface area (Å²) in [6, 6.07) is 19.3. The summed E-state index contributed by atoms with van der Waals surface area (Å²) in [5, 5.41) is 7.52. The van der Waals surface area contributed by atoms with E-state index in [4.69, 9.17) is 0 Å². The van der Waals surface area contributed by atoms with Crippen LogP contribution >= 0.6 is 0 Å². The molecule has 5 rings (SSSR count). The minimum atomic E-state index is -0.0457. The Morgan fingerprint density at radius 2 is 1.52 bits per heavy atom. The van der Waals surface area contributed by atoms with Crippen LogP contribution in [0, 0.1) is 0 Å². The Bertz CT molecular complexity index is 1090. The normalized spacial score (nSPS) is 16.9. The van der Waals surface area contributed by atoms with Crippen molar-refractivity contribution < 1.29 is 4.79 Å². The van der Waals surface area contributed by atoms with Crippen molar-refractivity contribution in [3.05, 3.63) is 65.7 Å². The molecule has 1 heterocycles. The van der Waals surface area contributed by atoms with Gasteiger partial charge in [-0.25, -0.2) is 5.43 Å². The van der Waals surface area contributed by atoms with Gasteiger partial charge in [0.25, 0.3) is 5.91 Å². The van der Waals surface area contributed by atoms with Crippen LogP contribution < -0.4 is 10.9 Å². The van der Waals surface area contributed by atoms with Crippen molar-refractivity contribution >= 4 is 44.3 Å². The van der Waals surface area contributed by atoms with Gasteiger partial charge in [-0.1, -0.05) is 54.6 Å². The smallest absolute Gasteiger partial charge is 0.262 e. The number of carbonyl (C=O) groups excluding carboxylic acids is 1. The van der Waals surface area contributed by atoms with Crippen LogP contribution in [0.15, 0.2) is 60.2 Å². The molecular formula is C20H14N2O. The van der Waals surface area contributed by atoms with E-state index in [1.165, 1.54) is 32.3 Å². The highest BCUT2D eigenvalue weighted by molar-refractivity contribution is 6.24. The summed E-state index contributed by atoms with van der Waals surface area (Å²) < 4.78 is 0. The molecule has 3 heteroatoms. The first kappa shape index (κ1) is 12.6. The molecule has 0 unspecified atom stereocenters. The van der Waals surface area contributed by atoms with E-state index in [-0.39, 0.29) is 5.91 Å². The second-order valence-electron chi connectivity index (χ2n) is 5.99. The zero-order chi connectivity index (χ0) is 15.4. The van der Waals surface area contributed by atoms with Crippen molar-refractivity contribution in [3.63, 3.8) is 0 Å². The van der Waals surface area contributed by atoms with E-state index >= 15 is 0 Å². The number of amides is 1. The van der Waals surface area contributed by atoms with E-state index < -0.39 is 0 Å². The molecule has 2 N–H and O–H groups in total. The number of hydrazine groups is 1. The first-order valence-electron chi connectivity index (χ1n) is 7.71. The minimum absolute atomic E-state index is 0.0457. The zero-order valence-corrected chi connectivity index (χ0v) is 12.4. The average Bonchev–Trinajstić information content (AvgIpc) is 2.99. The van der Waals surface area contributed by atoms with Crippen LogP contribution in [-0.2, 0) is 4.79 Å². The van der Waals surface area contributed by atoms with E-state index in [1.54, 1.807) is 0 Å². The van der Waals surface area contributed by atoms with Crippen molar-refractivity contribution in [1.29, 1.82) is 0 Å². The lowest BCUT2D eigenvalue weighted by atomic mass is 9.91. The number of hydrogen-bond donors (Lipinski definition) is 2. The standard InChI is InChI=1S/C20H14N2O/c23-20-16(11-21-22-20)10-15-7-6-14-5-4-12-2-1-3-13-8-9-17(15)19(14)18(12)13/h1-10,21H,11H2,(H,22,23). The Hall–Kier alpha value is -2.91. The Labute approximate surface area is 132 Å². The van der Waals surface area contributed by atoms with Gasteiger partial charge in [-0.2, -0.15) is 0 Å². The van der Waals surface area contributed by atoms with Gasteiger partial charge >= 0.3 is 0 Å². The molecule has 23 heavy (non-hydrogen) atoms. The molecule has 0 aromatic heterocycles. The summed E-state index contributed by atoms with van der Waals surface area (Å²) in [5.74, 6) is -0.0457. The Morgan fingerprint density at radius 3 is 2.26 bits per heavy atom. The molecular weight excluding hydrogens is 284 g/mol. The first-order chi connectivity index (χ1) is 11.3. The molecule has 1 fully saturated rings. The Balaban J connectivity index is 1.90. The Morgan fingerprint density at radius 1 is 0.826 bits per heavy atom. The molecule has 1 amide bonds. The molecule has 0 saturated carbocycles.